The standard InChI is InChI=1S/C14H26N2O3/c1-4-11(3)16(9-13(17)18)14(19)15-12-7-5-6-10(2)8-12/h10-12H,4-9H2,1-3H3,(H,15,19)(H,17,18). The average Bonchev–Trinajstić information content (AvgIpc) is 2.34. The maximum atomic E-state index is 12.2. The van der Waals surface area contributed by atoms with Gasteiger partial charge in [-0.15, -0.1) is 0 Å². The number of rotatable bonds is 5. The van der Waals surface area contributed by atoms with Crippen LogP contribution in [0, 0.1) is 5.92 Å². The van der Waals surface area contributed by atoms with Gasteiger partial charge in [-0.3, -0.25) is 4.79 Å². The van der Waals surface area contributed by atoms with Crippen LogP contribution in [-0.4, -0.2) is 40.6 Å². The Hall–Kier alpha value is -1.26. The van der Waals surface area contributed by atoms with E-state index in [-0.39, 0.29) is 24.7 Å². The number of aliphatic carboxylic acids is 1. The summed E-state index contributed by atoms with van der Waals surface area (Å²) in [5, 5.41) is 11.9. The van der Waals surface area contributed by atoms with Gasteiger partial charge in [-0.1, -0.05) is 26.7 Å². The van der Waals surface area contributed by atoms with Crippen LogP contribution in [0.3, 0.4) is 0 Å². The number of amides is 2. The van der Waals surface area contributed by atoms with E-state index in [2.05, 4.69) is 12.2 Å². The summed E-state index contributed by atoms with van der Waals surface area (Å²) < 4.78 is 0. The van der Waals surface area contributed by atoms with Crippen LogP contribution in [0.15, 0.2) is 0 Å². The van der Waals surface area contributed by atoms with Gasteiger partial charge in [-0.25, -0.2) is 4.79 Å². The van der Waals surface area contributed by atoms with Gasteiger partial charge >= 0.3 is 12.0 Å². The van der Waals surface area contributed by atoms with Crippen molar-refractivity contribution in [2.45, 2.75) is 65.0 Å². The molecule has 2 amide bonds. The zero-order valence-electron chi connectivity index (χ0n) is 12.2. The summed E-state index contributed by atoms with van der Waals surface area (Å²) in [5.74, 6) is -0.331. The second-order valence-corrected chi connectivity index (χ2v) is 5.70. The number of carboxylic acids is 1. The van der Waals surface area contributed by atoms with E-state index in [4.69, 9.17) is 5.11 Å². The Balaban J connectivity index is 2.57. The largest absolute Gasteiger partial charge is 0.480 e. The highest BCUT2D eigenvalue weighted by Crippen LogP contribution is 2.23. The summed E-state index contributed by atoms with van der Waals surface area (Å²) in [5.41, 5.74) is 0. The molecule has 110 valence electrons. The lowest BCUT2D eigenvalue weighted by Gasteiger charge is -2.32. The fourth-order valence-electron chi connectivity index (χ4n) is 2.62. The predicted molar refractivity (Wildman–Crippen MR) is 74.0 cm³/mol. The third-order valence-corrected chi connectivity index (χ3v) is 3.95. The van der Waals surface area contributed by atoms with Crippen molar-refractivity contribution in [2.75, 3.05) is 6.54 Å². The second-order valence-electron chi connectivity index (χ2n) is 5.70. The van der Waals surface area contributed by atoms with Crippen LogP contribution in [0.4, 0.5) is 4.79 Å². The molecule has 19 heavy (non-hydrogen) atoms. The van der Waals surface area contributed by atoms with E-state index in [0.717, 1.165) is 25.7 Å². The molecule has 0 aromatic rings. The van der Waals surface area contributed by atoms with Gasteiger partial charge in [-0.05, 0) is 32.1 Å². The van der Waals surface area contributed by atoms with Crippen LogP contribution >= 0.6 is 0 Å². The van der Waals surface area contributed by atoms with Crippen molar-refractivity contribution >= 4 is 12.0 Å². The van der Waals surface area contributed by atoms with E-state index in [9.17, 15) is 9.59 Å². The van der Waals surface area contributed by atoms with E-state index < -0.39 is 5.97 Å². The zero-order chi connectivity index (χ0) is 14.4. The van der Waals surface area contributed by atoms with Crippen molar-refractivity contribution in [3.63, 3.8) is 0 Å². The first-order valence-corrected chi connectivity index (χ1v) is 7.23. The third-order valence-electron chi connectivity index (χ3n) is 3.95. The lowest BCUT2D eigenvalue weighted by molar-refractivity contribution is -0.138. The number of carbonyl (C=O) groups is 2. The Morgan fingerprint density at radius 2 is 2.11 bits per heavy atom. The van der Waals surface area contributed by atoms with Crippen LogP contribution in [0.25, 0.3) is 0 Å². The molecule has 0 radical (unpaired) electrons. The van der Waals surface area contributed by atoms with Gasteiger partial charge in [0.2, 0.25) is 0 Å². The normalized spacial score (nSPS) is 24.6. The minimum Gasteiger partial charge on any atom is -0.480 e. The lowest BCUT2D eigenvalue weighted by Crippen LogP contribution is -2.51. The number of urea groups is 1. The summed E-state index contributed by atoms with van der Waals surface area (Å²) in [6.45, 7) is 5.80. The molecule has 5 nitrogen and oxygen atoms in total. The molecule has 1 fully saturated rings. The highest BCUT2D eigenvalue weighted by atomic mass is 16.4. The van der Waals surface area contributed by atoms with E-state index in [1.165, 1.54) is 11.3 Å². The first kappa shape index (κ1) is 15.8. The Bertz CT molecular complexity index is 320. The Kier molecular flexibility index (Phi) is 6.12. The number of nitrogens with one attached hydrogen (secondary N) is 1. The zero-order valence-corrected chi connectivity index (χ0v) is 12.2. The summed E-state index contributed by atoms with van der Waals surface area (Å²) in [6.07, 6.45) is 5.09. The molecule has 1 saturated carbocycles. The third kappa shape index (κ3) is 5.09. The fraction of sp³-hybridized carbons (Fsp3) is 0.857. The van der Waals surface area contributed by atoms with Gasteiger partial charge < -0.3 is 15.3 Å². The number of hydrogen-bond acceptors (Lipinski definition) is 2. The second kappa shape index (κ2) is 7.36. The van der Waals surface area contributed by atoms with Gasteiger partial charge in [0.25, 0.3) is 0 Å². The molecule has 2 N–H and O–H groups in total. The van der Waals surface area contributed by atoms with Gasteiger partial charge in [0.05, 0.1) is 0 Å². The minimum absolute atomic E-state index is 0.0582. The molecule has 0 aromatic heterocycles. The van der Waals surface area contributed by atoms with E-state index in [0.29, 0.717) is 5.92 Å². The number of nitrogens with zero attached hydrogens (tertiary/aromatic N) is 1. The fourth-order valence-corrected chi connectivity index (χ4v) is 2.62. The summed E-state index contributed by atoms with van der Waals surface area (Å²) >= 11 is 0. The minimum atomic E-state index is -0.965. The summed E-state index contributed by atoms with van der Waals surface area (Å²) in [6, 6.07) is -0.107. The van der Waals surface area contributed by atoms with Crippen LogP contribution in [0.2, 0.25) is 0 Å². The number of hydrogen-bond donors (Lipinski definition) is 2. The molecule has 5 heteroatoms. The summed E-state index contributed by atoms with van der Waals surface area (Å²) in [7, 11) is 0. The molecule has 0 bridgehead atoms. The van der Waals surface area contributed by atoms with Crippen LogP contribution in [-0.2, 0) is 4.79 Å². The van der Waals surface area contributed by atoms with E-state index in [1.54, 1.807) is 0 Å². The molecule has 0 aliphatic heterocycles. The van der Waals surface area contributed by atoms with E-state index >= 15 is 0 Å². The van der Waals surface area contributed by atoms with Crippen molar-refractivity contribution in [2.24, 2.45) is 5.92 Å². The molecular weight excluding hydrogens is 244 g/mol. The number of carboxylic acid groups (broad SMARTS) is 1. The maximum Gasteiger partial charge on any atom is 0.323 e. The molecule has 3 unspecified atom stereocenters. The predicted octanol–water partition coefficient (Wildman–Crippen LogP) is 2.46. The first-order chi connectivity index (χ1) is 8.93. The molecule has 0 aromatic carbocycles. The smallest absolute Gasteiger partial charge is 0.323 e. The molecular formula is C14H26N2O3. The van der Waals surface area contributed by atoms with Gasteiger partial charge in [0, 0.05) is 12.1 Å². The Labute approximate surface area is 115 Å². The first-order valence-electron chi connectivity index (χ1n) is 7.23. The molecule has 3 atom stereocenters. The van der Waals surface area contributed by atoms with Crippen molar-refractivity contribution in [3.8, 4) is 0 Å². The van der Waals surface area contributed by atoms with Crippen molar-refractivity contribution in [1.29, 1.82) is 0 Å². The lowest BCUT2D eigenvalue weighted by atomic mass is 9.87. The van der Waals surface area contributed by atoms with Gasteiger partial charge in [-0.2, -0.15) is 0 Å². The van der Waals surface area contributed by atoms with Gasteiger partial charge in [0.1, 0.15) is 6.54 Å². The van der Waals surface area contributed by atoms with Crippen molar-refractivity contribution in [1.82, 2.24) is 10.2 Å². The highest BCUT2D eigenvalue weighted by molar-refractivity contribution is 5.80. The maximum absolute atomic E-state index is 12.2. The summed E-state index contributed by atoms with van der Waals surface area (Å²) in [4.78, 5) is 24.5. The number of carbonyl (C=O) groups excluding carboxylic acids is 1. The topological polar surface area (TPSA) is 69.6 Å². The molecule has 1 aliphatic rings. The molecule has 1 rings (SSSR count). The molecule has 0 spiro atoms. The quantitative estimate of drug-likeness (QED) is 0.806. The van der Waals surface area contributed by atoms with Crippen LogP contribution in [0.5, 0.6) is 0 Å². The van der Waals surface area contributed by atoms with Crippen molar-refractivity contribution in [3.05, 3.63) is 0 Å². The molecule has 0 saturated heterocycles. The molecule has 1 aliphatic carbocycles. The van der Waals surface area contributed by atoms with Crippen LogP contribution < -0.4 is 5.32 Å². The SMILES string of the molecule is CCC(C)N(CC(=O)O)C(=O)NC1CCCC(C)C1. The Morgan fingerprint density at radius 1 is 1.42 bits per heavy atom. The monoisotopic (exact) mass is 270 g/mol. The highest BCUT2D eigenvalue weighted by Gasteiger charge is 2.26. The average molecular weight is 270 g/mol. The van der Waals surface area contributed by atoms with Crippen molar-refractivity contribution < 1.29 is 14.7 Å². The molecule has 0 heterocycles. The van der Waals surface area contributed by atoms with E-state index in [1.807, 2.05) is 13.8 Å². The Morgan fingerprint density at radius 3 is 2.63 bits per heavy atom. The van der Waals surface area contributed by atoms with Gasteiger partial charge in [0.15, 0.2) is 0 Å². The van der Waals surface area contributed by atoms with Crippen LogP contribution in [0.1, 0.15) is 52.9 Å².